The highest BCUT2D eigenvalue weighted by Crippen LogP contribution is 2.25. The lowest BCUT2D eigenvalue weighted by Gasteiger charge is -2.42. The Bertz CT molecular complexity index is 734. The van der Waals surface area contributed by atoms with Gasteiger partial charge in [0.05, 0.1) is 43.9 Å². The van der Waals surface area contributed by atoms with Crippen molar-refractivity contribution in [1.29, 1.82) is 0 Å². The number of carbonyl (C=O) groups excluding carboxylic acids is 3. The smallest absolute Gasteiger partial charge is 0.339 e. The topological polar surface area (TPSA) is 84.5 Å². The summed E-state index contributed by atoms with van der Waals surface area (Å²) in [4.78, 5) is 37.2. The van der Waals surface area contributed by atoms with E-state index in [0.717, 1.165) is 31.5 Å². The summed E-state index contributed by atoms with van der Waals surface area (Å²) in [5, 5.41) is 5.82. The Kier molecular flexibility index (Phi) is 7.57. The quantitative estimate of drug-likeness (QED) is 0.552. The Labute approximate surface area is 167 Å². The average molecular weight is 391 g/mol. The third-order valence-electron chi connectivity index (χ3n) is 5.61. The molecule has 7 nitrogen and oxygen atoms in total. The summed E-state index contributed by atoms with van der Waals surface area (Å²) in [6.45, 7) is 9.02. The molecule has 0 aliphatic carbocycles. The molecule has 0 aromatic heterocycles. The number of likely N-dealkylation sites (N-methyl/N-ethyl adjacent to an activating group) is 1. The lowest BCUT2D eigenvalue weighted by Crippen LogP contribution is -2.59. The zero-order chi connectivity index (χ0) is 20.7. The Morgan fingerprint density at radius 3 is 2.64 bits per heavy atom. The minimum absolute atomic E-state index is 0.0643. The minimum Gasteiger partial charge on any atom is -0.465 e. The number of anilines is 1. The summed E-state index contributed by atoms with van der Waals surface area (Å²) in [5.41, 5.74) is 1.64. The van der Waals surface area contributed by atoms with E-state index in [1.165, 1.54) is 7.11 Å². The number of hydrogen-bond acceptors (Lipinski definition) is 4. The highest BCUT2D eigenvalue weighted by Gasteiger charge is 2.38. The molecule has 1 aliphatic heterocycles. The average Bonchev–Trinajstić information content (AvgIpc) is 2.69. The van der Waals surface area contributed by atoms with Crippen molar-refractivity contribution in [2.24, 2.45) is 5.92 Å². The monoisotopic (exact) mass is 390 g/mol. The van der Waals surface area contributed by atoms with Crippen LogP contribution in [-0.2, 0) is 14.3 Å². The van der Waals surface area contributed by atoms with E-state index in [9.17, 15) is 14.4 Å². The van der Waals surface area contributed by atoms with Gasteiger partial charge in [-0.2, -0.15) is 0 Å². The van der Waals surface area contributed by atoms with E-state index in [0.29, 0.717) is 28.8 Å². The fourth-order valence-corrected chi connectivity index (χ4v) is 4.00. The number of methoxy groups -OCH3 is 1. The Morgan fingerprint density at radius 1 is 1.25 bits per heavy atom. The van der Waals surface area contributed by atoms with E-state index in [-0.39, 0.29) is 24.3 Å². The second kappa shape index (κ2) is 9.68. The maximum atomic E-state index is 12.9. The molecule has 1 fully saturated rings. The number of para-hydroxylation sites is 1. The number of esters is 1. The van der Waals surface area contributed by atoms with Crippen molar-refractivity contribution >= 4 is 23.5 Å². The number of carbonyl (C=O) groups is 3. The van der Waals surface area contributed by atoms with Crippen LogP contribution in [0, 0.1) is 12.8 Å². The second-order valence-corrected chi connectivity index (χ2v) is 7.49. The van der Waals surface area contributed by atoms with Crippen molar-refractivity contribution in [3.05, 3.63) is 29.3 Å². The first-order valence-electron chi connectivity index (χ1n) is 9.96. The van der Waals surface area contributed by atoms with Gasteiger partial charge in [0.15, 0.2) is 6.54 Å². The molecule has 0 saturated carbocycles. The van der Waals surface area contributed by atoms with Crippen molar-refractivity contribution in [3.8, 4) is 0 Å². The molecule has 28 heavy (non-hydrogen) atoms. The van der Waals surface area contributed by atoms with Gasteiger partial charge in [-0.15, -0.1) is 0 Å². The number of piperidine rings is 1. The number of benzene rings is 1. The molecule has 2 N–H and O–H groups in total. The van der Waals surface area contributed by atoms with Gasteiger partial charge in [0.25, 0.3) is 5.91 Å². The molecule has 2 amide bonds. The molecule has 1 heterocycles. The van der Waals surface area contributed by atoms with E-state index in [1.807, 2.05) is 19.9 Å². The van der Waals surface area contributed by atoms with Gasteiger partial charge in [-0.05, 0) is 45.2 Å². The first-order valence-corrected chi connectivity index (χ1v) is 9.96. The molecule has 1 aromatic rings. The van der Waals surface area contributed by atoms with Gasteiger partial charge < -0.3 is 19.9 Å². The third kappa shape index (κ3) is 5.10. The number of nitrogens with zero attached hydrogens (tertiary/aromatic N) is 1. The third-order valence-corrected chi connectivity index (χ3v) is 5.61. The van der Waals surface area contributed by atoms with Crippen molar-refractivity contribution < 1.29 is 23.6 Å². The lowest BCUT2D eigenvalue weighted by molar-refractivity contribution is -0.925. The molecule has 0 bridgehead atoms. The number of hydrogen-bond donors (Lipinski definition) is 2. The number of rotatable bonds is 7. The van der Waals surface area contributed by atoms with Gasteiger partial charge in [-0.3, -0.25) is 9.59 Å². The molecule has 1 saturated heterocycles. The highest BCUT2D eigenvalue weighted by molar-refractivity contribution is 6.02. The molecule has 7 heteroatoms. The number of quaternary nitrogens is 1. The molecule has 2 atom stereocenters. The van der Waals surface area contributed by atoms with Crippen LogP contribution in [-0.4, -0.2) is 62.1 Å². The largest absolute Gasteiger partial charge is 0.465 e. The van der Waals surface area contributed by atoms with Gasteiger partial charge in [0, 0.05) is 6.54 Å². The van der Waals surface area contributed by atoms with Crippen LogP contribution >= 0.6 is 0 Å². The number of amides is 2. The fourth-order valence-electron chi connectivity index (χ4n) is 4.00. The van der Waals surface area contributed by atoms with Crippen molar-refractivity contribution in [3.63, 3.8) is 0 Å². The summed E-state index contributed by atoms with van der Waals surface area (Å²) in [5.74, 6) is -0.624. The molecule has 0 spiro atoms. The normalized spacial score (nSPS) is 21.6. The number of nitrogens with one attached hydrogen (secondary N) is 2. The van der Waals surface area contributed by atoms with Crippen LogP contribution in [0.5, 0.6) is 0 Å². The maximum Gasteiger partial charge on any atom is 0.339 e. The predicted octanol–water partition coefficient (Wildman–Crippen LogP) is 2.10. The molecule has 0 radical (unpaired) electrons. The first kappa shape index (κ1) is 21.9. The predicted molar refractivity (Wildman–Crippen MR) is 108 cm³/mol. The van der Waals surface area contributed by atoms with Crippen molar-refractivity contribution in [2.75, 3.05) is 45.2 Å². The van der Waals surface area contributed by atoms with E-state index in [4.69, 9.17) is 4.74 Å². The molecule has 154 valence electrons. The van der Waals surface area contributed by atoms with Crippen LogP contribution < -0.4 is 10.6 Å². The van der Waals surface area contributed by atoms with Crippen LogP contribution in [0.25, 0.3) is 0 Å². The Balaban J connectivity index is 2.15. The fraction of sp³-hybridized carbons (Fsp3) is 0.571. The summed E-state index contributed by atoms with van der Waals surface area (Å²) in [6.07, 6.45) is 1.78. The van der Waals surface area contributed by atoms with Crippen molar-refractivity contribution in [2.45, 2.75) is 33.6 Å². The summed E-state index contributed by atoms with van der Waals surface area (Å²) in [6, 6.07) is 5.25. The summed E-state index contributed by atoms with van der Waals surface area (Å²) in [7, 11) is 1.32. The molecular formula is C21H32N3O4+. The zero-order valence-corrected chi connectivity index (χ0v) is 17.3. The van der Waals surface area contributed by atoms with Crippen LogP contribution in [0.15, 0.2) is 18.2 Å². The van der Waals surface area contributed by atoms with Gasteiger partial charge in [-0.25, -0.2) is 4.79 Å². The van der Waals surface area contributed by atoms with E-state index >= 15 is 0 Å². The molecule has 2 rings (SSSR count). The van der Waals surface area contributed by atoms with E-state index < -0.39 is 5.97 Å². The van der Waals surface area contributed by atoms with Crippen LogP contribution in [0.3, 0.4) is 0 Å². The van der Waals surface area contributed by atoms with Gasteiger partial charge in [0.1, 0.15) is 0 Å². The SMILES string of the molecule is CCNC(=O)C1CCC[N+](CC)(CC(=O)Nc2c(C)cccc2C(=O)OC)C1. The first-order chi connectivity index (χ1) is 13.4. The van der Waals surface area contributed by atoms with E-state index in [2.05, 4.69) is 17.6 Å². The second-order valence-electron chi connectivity index (χ2n) is 7.49. The van der Waals surface area contributed by atoms with Gasteiger partial charge in [0.2, 0.25) is 5.91 Å². The van der Waals surface area contributed by atoms with Gasteiger partial charge >= 0.3 is 5.97 Å². The summed E-state index contributed by atoms with van der Waals surface area (Å²) < 4.78 is 5.41. The van der Waals surface area contributed by atoms with Crippen molar-refractivity contribution in [1.82, 2.24) is 5.32 Å². The van der Waals surface area contributed by atoms with Crippen LogP contribution in [0.2, 0.25) is 0 Å². The maximum absolute atomic E-state index is 12.9. The molecule has 1 aromatic carbocycles. The van der Waals surface area contributed by atoms with E-state index in [1.54, 1.807) is 12.1 Å². The Morgan fingerprint density at radius 2 is 2.00 bits per heavy atom. The van der Waals surface area contributed by atoms with Crippen LogP contribution in [0.4, 0.5) is 5.69 Å². The highest BCUT2D eigenvalue weighted by atomic mass is 16.5. The lowest BCUT2D eigenvalue weighted by atomic mass is 9.94. The van der Waals surface area contributed by atoms with Gasteiger partial charge in [-0.1, -0.05) is 12.1 Å². The minimum atomic E-state index is -0.479. The number of ether oxygens (including phenoxy) is 1. The molecular weight excluding hydrogens is 358 g/mol. The molecule has 1 aliphatic rings. The standard InChI is InChI=1S/C21H31N3O4/c1-5-22-20(26)16-10-8-12-24(6-2,13-16)14-18(25)23-19-15(3)9-7-11-17(19)21(27)28-4/h7,9,11,16H,5-6,8,10,12-14H2,1-4H3,(H-,22,23,25,26,27)/p+1. The number of aryl methyl sites for hydroxylation is 1. The number of likely N-dealkylation sites (tertiary alicyclic amines) is 1. The Hall–Kier alpha value is -2.41. The van der Waals surface area contributed by atoms with Crippen LogP contribution in [0.1, 0.15) is 42.6 Å². The summed E-state index contributed by atoms with van der Waals surface area (Å²) >= 11 is 0. The zero-order valence-electron chi connectivity index (χ0n) is 17.3. The molecule has 2 unspecified atom stereocenters.